The largest absolute Gasteiger partial charge is 0.376 e. The number of nitro groups is 1. The van der Waals surface area contributed by atoms with Crippen LogP contribution in [0.3, 0.4) is 0 Å². The second kappa shape index (κ2) is 19.9. The molecule has 0 radical (unpaired) electrons. The Labute approximate surface area is 361 Å². The summed E-state index contributed by atoms with van der Waals surface area (Å²) in [5.41, 5.74) is 5.10. The van der Waals surface area contributed by atoms with Crippen molar-refractivity contribution in [1.82, 2.24) is 19.8 Å². The molecular formula is C45H49ClN8O4S2. The molecule has 7 rings (SSSR count). The molecule has 5 aromatic carbocycles. The molecule has 1 saturated heterocycles. The van der Waals surface area contributed by atoms with Gasteiger partial charge in [-0.05, 0) is 90.8 Å². The number of nitro benzene ring substituents is 1. The first kappa shape index (κ1) is 42.9. The number of nitrogens with one attached hydrogen (secondary N) is 2. The smallest absolute Gasteiger partial charge is 0.293 e. The number of hydrogen-bond acceptors (Lipinski definition) is 11. The lowest BCUT2D eigenvalue weighted by atomic mass is 9.99. The normalized spacial score (nSPS) is 14.0. The van der Waals surface area contributed by atoms with Crippen LogP contribution in [-0.2, 0) is 16.6 Å². The van der Waals surface area contributed by atoms with Gasteiger partial charge in [0, 0.05) is 78.1 Å². The number of benzene rings is 5. The van der Waals surface area contributed by atoms with E-state index in [4.69, 9.17) is 11.6 Å². The molecule has 1 fully saturated rings. The van der Waals surface area contributed by atoms with E-state index in [0.29, 0.717) is 21.7 Å². The Morgan fingerprint density at radius 3 is 2.35 bits per heavy atom. The molecule has 2 heterocycles. The predicted molar refractivity (Wildman–Crippen MR) is 245 cm³/mol. The minimum absolute atomic E-state index is 0.0926. The Morgan fingerprint density at radius 2 is 1.62 bits per heavy atom. The highest BCUT2D eigenvalue weighted by atomic mass is 35.5. The van der Waals surface area contributed by atoms with E-state index in [0.717, 1.165) is 81.0 Å². The van der Waals surface area contributed by atoms with Gasteiger partial charge in [0.05, 0.1) is 15.3 Å². The minimum atomic E-state index is -4.27. The first-order valence-electron chi connectivity index (χ1n) is 20.1. The van der Waals surface area contributed by atoms with Gasteiger partial charge >= 0.3 is 0 Å². The molecule has 312 valence electrons. The Hall–Kier alpha value is -5.25. The zero-order valence-electron chi connectivity index (χ0n) is 33.7. The van der Waals surface area contributed by atoms with Crippen LogP contribution < -0.4 is 14.9 Å². The number of anilines is 3. The summed E-state index contributed by atoms with van der Waals surface area (Å²) in [6.45, 7) is 11.0. The minimum Gasteiger partial charge on any atom is -0.376 e. The van der Waals surface area contributed by atoms with Crippen molar-refractivity contribution in [2.75, 3.05) is 66.5 Å². The van der Waals surface area contributed by atoms with Gasteiger partial charge in [-0.2, -0.15) is 0 Å². The molecule has 0 aliphatic carbocycles. The number of aromatic nitrogens is 2. The molecule has 0 spiro atoms. The molecule has 1 aliphatic heterocycles. The number of rotatable bonds is 18. The van der Waals surface area contributed by atoms with Gasteiger partial charge in [0.25, 0.3) is 15.7 Å². The summed E-state index contributed by atoms with van der Waals surface area (Å²) < 4.78 is 30.2. The lowest BCUT2D eigenvalue weighted by Gasteiger charge is -2.36. The van der Waals surface area contributed by atoms with Gasteiger partial charge in [0.15, 0.2) is 5.82 Å². The maximum atomic E-state index is 13.8. The third-order valence-electron chi connectivity index (χ3n) is 10.9. The van der Waals surface area contributed by atoms with Crippen molar-refractivity contribution in [2.45, 2.75) is 42.6 Å². The first-order chi connectivity index (χ1) is 29.1. The molecule has 1 aromatic heterocycles. The summed E-state index contributed by atoms with van der Waals surface area (Å²) in [5.74, 6) is 0.763. The standard InChI is InChI=1S/C45H49ClN8O4S2/c1-3-51(4-2)23-22-36(31-59-38-11-6-5-7-12-38)49-42-21-19-39(29-44(42)54(55)56)60(57,58)50-45-41-20-18-37(28-43(41)47-32-48-45)53-26-24-52(25-27-53)30-34-10-8-9-13-40(34)33-14-16-35(46)17-15-33/h5-21,28-29,32,36,49H,3-4,22-27,30-31H2,1-2H3,(H,47,48,50)/t36-/m1/s1. The molecular weight excluding hydrogens is 816 g/mol. The predicted octanol–water partition coefficient (Wildman–Crippen LogP) is 9.29. The summed E-state index contributed by atoms with van der Waals surface area (Å²) in [5, 5.41) is 17.0. The maximum Gasteiger partial charge on any atom is 0.293 e. The van der Waals surface area contributed by atoms with E-state index in [1.807, 2.05) is 60.7 Å². The van der Waals surface area contributed by atoms with Crippen molar-refractivity contribution >= 4 is 67.2 Å². The van der Waals surface area contributed by atoms with Crippen molar-refractivity contribution in [2.24, 2.45) is 0 Å². The Kier molecular flexibility index (Phi) is 14.2. The number of nitrogens with zero attached hydrogens (tertiary/aromatic N) is 6. The van der Waals surface area contributed by atoms with Crippen LogP contribution in [0.2, 0.25) is 5.02 Å². The Bertz CT molecular complexity index is 2500. The van der Waals surface area contributed by atoms with Crippen molar-refractivity contribution in [3.05, 3.63) is 142 Å². The van der Waals surface area contributed by atoms with Crippen LogP contribution in [0.5, 0.6) is 0 Å². The quantitative estimate of drug-likeness (QED) is 0.0486. The van der Waals surface area contributed by atoms with Gasteiger partial charge in [-0.1, -0.05) is 80.0 Å². The van der Waals surface area contributed by atoms with Crippen LogP contribution in [0.15, 0.2) is 131 Å². The summed E-state index contributed by atoms with van der Waals surface area (Å²) >= 11 is 7.82. The van der Waals surface area contributed by atoms with Crippen molar-refractivity contribution in [3.63, 3.8) is 0 Å². The average Bonchev–Trinajstić information content (AvgIpc) is 3.26. The lowest BCUT2D eigenvalue weighted by molar-refractivity contribution is -0.384. The molecule has 60 heavy (non-hydrogen) atoms. The topological polar surface area (TPSA) is 137 Å². The second-order valence-corrected chi connectivity index (χ2v) is 17.9. The zero-order valence-corrected chi connectivity index (χ0v) is 36.1. The molecule has 12 nitrogen and oxygen atoms in total. The van der Waals surface area contributed by atoms with Crippen molar-refractivity contribution < 1.29 is 13.3 Å². The number of sulfonamides is 1. The van der Waals surface area contributed by atoms with E-state index < -0.39 is 14.9 Å². The number of fused-ring (bicyclic) bond motifs is 1. The molecule has 0 amide bonds. The van der Waals surface area contributed by atoms with Crippen molar-refractivity contribution in [3.8, 4) is 11.1 Å². The molecule has 2 N–H and O–H groups in total. The summed E-state index contributed by atoms with van der Waals surface area (Å²) in [7, 11) is -4.27. The van der Waals surface area contributed by atoms with Crippen LogP contribution in [0.25, 0.3) is 22.0 Å². The fourth-order valence-electron chi connectivity index (χ4n) is 7.44. The molecule has 15 heteroatoms. The third kappa shape index (κ3) is 10.7. The van der Waals surface area contributed by atoms with Crippen LogP contribution >= 0.6 is 23.4 Å². The van der Waals surface area contributed by atoms with E-state index in [1.54, 1.807) is 11.8 Å². The van der Waals surface area contributed by atoms with Gasteiger partial charge in [-0.3, -0.25) is 19.7 Å². The average molecular weight is 866 g/mol. The highest BCUT2D eigenvalue weighted by Gasteiger charge is 2.25. The van der Waals surface area contributed by atoms with E-state index >= 15 is 0 Å². The summed E-state index contributed by atoms with van der Waals surface area (Å²) in [4.78, 5) is 28.5. The van der Waals surface area contributed by atoms with Gasteiger partial charge in [-0.25, -0.2) is 18.4 Å². The highest BCUT2D eigenvalue weighted by Crippen LogP contribution is 2.33. The SMILES string of the molecule is CCN(CC)CC[C@H](CSc1ccccc1)Nc1ccc(S(=O)(=O)Nc2ncnc3cc(N4CCN(Cc5ccccc5-c5ccc(Cl)cc5)CC4)ccc23)cc1[N+](=O)[O-]. The summed E-state index contributed by atoms with van der Waals surface area (Å²) in [6, 6.07) is 36.0. The Balaban J connectivity index is 1.02. The molecule has 0 saturated carbocycles. The second-order valence-electron chi connectivity index (χ2n) is 14.7. The molecule has 1 aliphatic rings. The number of halogens is 1. The van der Waals surface area contributed by atoms with Gasteiger partial charge in [0.1, 0.15) is 12.0 Å². The number of piperazine rings is 1. The van der Waals surface area contributed by atoms with Crippen LogP contribution in [0.4, 0.5) is 22.9 Å². The number of thioether (sulfide) groups is 1. The monoisotopic (exact) mass is 864 g/mol. The van der Waals surface area contributed by atoms with E-state index in [2.05, 4.69) is 85.0 Å². The van der Waals surface area contributed by atoms with Gasteiger partial charge in [-0.15, -0.1) is 11.8 Å². The zero-order chi connectivity index (χ0) is 42.1. The number of hydrogen-bond donors (Lipinski definition) is 2. The van der Waals surface area contributed by atoms with Crippen molar-refractivity contribution in [1.29, 1.82) is 0 Å². The van der Waals surface area contributed by atoms with E-state index in [9.17, 15) is 18.5 Å². The van der Waals surface area contributed by atoms with Crippen LogP contribution in [-0.4, -0.2) is 90.7 Å². The highest BCUT2D eigenvalue weighted by molar-refractivity contribution is 7.99. The molecule has 0 bridgehead atoms. The fourth-order valence-corrected chi connectivity index (χ4v) is 9.61. The van der Waals surface area contributed by atoms with E-state index in [-0.39, 0.29) is 28.1 Å². The third-order valence-corrected chi connectivity index (χ3v) is 13.6. The Morgan fingerprint density at radius 1 is 0.883 bits per heavy atom. The van der Waals surface area contributed by atoms with Crippen LogP contribution in [0, 0.1) is 10.1 Å². The molecule has 1 atom stereocenters. The first-order valence-corrected chi connectivity index (χ1v) is 23.0. The maximum absolute atomic E-state index is 13.8. The van der Waals surface area contributed by atoms with E-state index in [1.165, 1.54) is 29.6 Å². The lowest BCUT2D eigenvalue weighted by Crippen LogP contribution is -2.46. The fraction of sp³-hybridized carbons (Fsp3) is 0.289. The summed E-state index contributed by atoms with van der Waals surface area (Å²) in [6.07, 6.45) is 2.07. The molecule has 6 aromatic rings. The van der Waals surface area contributed by atoms with Gasteiger partial charge in [0.2, 0.25) is 0 Å². The molecule has 0 unspecified atom stereocenters. The van der Waals surface area contributed by atoms with Crippen LogP contribution in [0.1, 0.15) is 25.8 Å². The van der Waals surface area contributed by atoms with Gasteiger partial charge < -0.3 is 15.1 Å².